The molecule has 0 aliphatic rings. The van der Waals surface area contributed by atoms with Crippen molar-refractivity contribution < 1.29 is 9.53 Å². The number of aromatic nitrogens is 2. The predicted octanol–water partition coefficient (Wildman–Crippen LogP) is 5.04. The smallest absolute Gasteiger partial charge is 0.408 e. The summed E-state index contributed by atoms with van der Waals surface area (Å²) in [5, 5.41) is 3.48. The number of rotatable bonds is 3. The van der Waals surface area contributed by atoms with Gasteiger partial charge in [0, 0.05) is 18.0 Å². The van der Waals surface area contributed by atoms with Gasteiger partial charge in [-0.3, -0.25) is 9.97 Å². The number of hydrogen-bond donors (Lipinski definition) is 1. The zero-order chi connectivity index (χ0) is 17.9. The number of nitrogens with one attached hydrogen (secondary N) is 1. The van der Waals surface area contributed by atoms with Crippen molar-refractivity contribution in [1.29, 1.82) is 0 Å². The van der Waals surface area contributed by atoms with Crippen molar-refractivity contribution in [3.63, 3.8) is 0 Å². The molecule has 0 aliphatic heterocycles. The Labute approximate surface area is 151 Å². The van der Waals surface area contributed by atoms with Crippen LogP contribution < -0.4 is 5.32 Å². The molecule has 128 valence electrons. The highest BCUT2D eigenvalue weighted by molar-refractivity contribution is 6.44. The molecule has 1 atom stereocenters. The van der Waals surface area contributed by atoms with E-state index in [9.17, 15) is 4.79 Å². The highest BCUT2D eigenvalue weighted by Gasteiger charge is 2.21. The van der Waals surface area contributed by atoms with Gasteiger partial charge in [0.25, 0.3) is 0 Å². The van der Waals surface area contributed by atoms with Gasteiger partial charge in [0.05, 0.1) is 28.0 Å². The van der Waals surface area contributed by atoms with Crippen LogP contribution >= 0.6 is 23.2 Å². The van der Waals surface area contributed by atoms with Crippen LogP contribution in [-0.4, -0.2) is 21.7 Å². The van der Waals surface area contributed by atoms with E-state index >= 15 is 0 Å². The maximum atomic E-state index is 11.9. The first-order chi connectivity index (χ1) is 11.2. The van der Waals surface area contributed by atoms with E-state index in [-0.39, 0.29) is 6.04 Å². The van der Waals surface area contributed by atoms with Crippen molar-refractivity contribution in [3.8, 4) is 11.3 Å². The summed E-state index contributed by atoms with van der Waals surface area (Å²) in [5.41, 5.74) is 1.44. The minimum atomic E-state index is -0.568. The number of carbonyl (C=O) groups excluding carboxylic acids is 1. The van der Waals surface area contributed by atoms with Crippen LogP contribution in [0.15, 0.2) is 30.7 Å². The lowest BCUT2D eigenvalue weighted by atomic mass is 10.0. The largest absolute Gasteiger partial charge is 0.444 e. The first-order valence-corrected chi connectivity index (χ1v) is 8.18. The fourth-order valence-corrected chi connectivity index (χ4v) is 2.69. The number of nitrogens with zero attached hydrogens (tertiary/aromatic N) is 2. The van der Waals surface area contributed by atoms with Crippen molar-refractivity contribution in [2.45, 2.75) is 39.3 Å². The minimum absolute atomic E-state index is 0.360. The number of amides is 1. The molecule has 0 radical (unpaired) electrons. The average Bonchev–Trinajstić information content (AvgIpc) is 2.48. The van der Waals surface area contributed by atoms with E-state index in [0.29, 0.717) is 26.9 Å². The van der Waals surface area contributed by atoms with Crippen LogP contribution in [0.4, 0.5) is 4.79 Å². The van der Waals surface area contributed by atoms with E-state index in [0.717, 1.165) is 0 Å². The summed E-state index contributed by atoms with van der Waals surface area (Å²) in [4.78, 5) is 20.1. The summed E-state index contributed by atoms with van der Waals surface area (Å²) >= 11 is 12.8. The normalized spacial score (nSPS) is 12.6. The zero-order valence-electron chi connectivity index (χ0n) is 13.9. The highest BCUT2D eigenvalue weighted by Crippen LogP contribution is 2.37. The van der Waals surface area contributed by atoms with Crippen molar-refractivity contribution >= 4 is 29.3 Å². The van der Waals surface area contributed by atoms with Gasteiger partial charge in [-0.25, -0.2) is 4.79 Å². The SMILES string of the molecule is CC(NC(=O)OC(C)(C)C)c1ccc(-c2cnccn2)c(Cl)c1Cl. The summed E-state index contributed by atoms with van der Waals surface area (Å²) in [7, 11) is 0. The number of carbonyl (C=O) groups is 1. The molecular formula is C17H19Cl2N3O2. The van der Waals surface area contributed by atoms with Gasteiger partial charge < -0.3 is 10.1 Å². The third kappa shape index (κ3) is 4.58. The lowest BCUT2D eigenvalue weighted by Crippen LogP contribution is -2.34. The maximum Gasteiger partial charge on any atom is 0.408 e. The van der Waals surface area contributed by atoms with Gasteiger partial charge >= 0.3 is 6.09 Å². The number of ether oxygens (including phenoxy) is 1. The van der Waals surface area contributed by atoms with Crippen LogP contribution in [0, 0.1) is 0 Å². The molecule has 1 heterocycles. The fourth-order valence-electron chi connectivity index (χ4n) is 2.10. The van der Waals surface area contributed by atoms with Gasteiger partial charge in [0.2, 0.25) is 0 Å². The molecule has 0 aliphatic carbocycles. The van der Waals surface area contributed by atoms with Crippen LogP contribution in [0.1, 0.15) is 39.3 Å². The van der Waals surface area contributed by atoms with E-state index in [1.165, 1.54) is 0 Å². The van der Waals surface area contributed by atoms with Crippen LogP contribution in [0.2, 0.25) is 10.0 Å². The van der Waals surface area contributed by atoms with E-state index in [2.05, 4.69) is 15.3 Å². The lowest BCUT2D eigenvalue weighted by molar-refractivity contribution is 0.0508. The van der Waals surface area contributed by atoms with Crippen LogP contribution in [-0.2, 0) is 4.74 Å². The van der Waals surface area contributed by atoms with E-state index in [1.54, 1.807) is 51.5 Å². The Morgan fingerprint density at radius 1 is 1.21 bits per heavy atom. The number of halogens is 2. The molecule has 0 saturated carbocycles. The predicted molar refractivity (Wildman–Crippen MR) is 95.3 cm³/mol. The molecule has 1 N–H and O–H groups in total. The summed E-state index contributed by atoms with van der Waals surface area (Å²) in [6.07, 6.45) is 4.26. The standard InChI is InChI=1S/C17H19Cl2N3O2/c1-10(22-16(23)24-17(2,3)4)11-5-6-12(15(19)14(11)18)13-9-20-7-8-21-13/h5-10H,1-4H3,(H,22,23). The molecule has 0 spiro atoms. The van der Waals surface area contributed by atoms with Gasteiger partial charge in [0.15, 0.2) is 0 Å². The molecule has 5 nitrogen and oxygen atoms in total. The molecule has 1 aromatic heterocycles. The van der Waals surface area contributed by atoms with Gasteiger partial charge in [-0.05, 0) is 33.3 Å². The van der Waals surface area contributed by atoms with Crippen molar-refractivity contribution in [1.82, 2.24) is 15.3 Å². The summed E-state index contributed by atoms with van der Waals surface area (Å²) in [6.45, 7) is 7.22. The Morgan fingerprint density at radius 2 is 1.92 bits per heavy atom. The molecule has 1 unspecified atom stereocenters. The maximum absolute atomic E-state index is 11.9. The lowest BCUT2D eigenvalue weighted by Gasteiger charge is -2.23. The van der Waals surface area contributed by atoms with E-state index in [1.807, 2.05) is 6.92 Å². The summed E-state index contributed by atoms with van der Waals surface area (Å²) < 4.78 is 5.25. The Balaban J connectivity index is 2.23. The molecular weight excluding hydrogens is 349 g/mol. The second kappa shape index (κ2) is 7.36. The van der Waals surface area contributed by atoms with Crippen molar-refractivity contribution in [2.75, 3.05) is 0 Å². The molecule has 2 aromatic rings. The quantitative estimate of drug-likeness (QED) is 0.825. The first kappa shape index (κ1) is 18.5. The van der Waals surface area contributed by atoms with E-state index < -0.39 is 11.7 Å². The molecule has 7 heteroatoms. The number of benzene rings is 1. The molecule has 2 rings (SSSR count). The summed E-state index contributed by atoms with van der Waals surface area (Å²) in [6, 6.07) is 3.25. The number of alkyl carbamates (subject to hydrolysis) is 1. The Kier molecular flexibility index (Phi) is 5.67. The second-order valence-corrected chi connectivity index (χ2v) is 7.04. The zero-order valence-corrected chi connectivity index (χ0v) is 15.4. The highest BCUT2D eigenvalue weighted by atomic mass is 35.5. The molecule has 1 amide bonds. The summed E-state index contributed by atoms with van der Waals surface area (Å²) in [5.74, 6) is 0. The molecule has 0 bridgehead atoms. The van der Waals surface area contributed by atoms with Crippen molar-refractivity contribution in [3.05, 3.63) is 46.3 Å². The van der Waals surface area contributed by atoms with Gasteiger partial charge in [-0.1, -0.05) is 35.3 Å². The second-order valence-electron chi connectivity index (χ2n) is 6.29. The minimum Gasteiger partial charge on any atom is -0.444 e. The van der Waals surface area contributed by atoms with Crippen molar-refractivity contribution in [2.24, 2.45) is 0 Å². The third-order valence-corrected chi connectivity index (χ3v) is 4.05. The number of hydrogen-bond acceptors (Lipinski definition) is 4. The van der Waals surface area contributed by atoms with Crippen LogP contribution in [0.25, 0.3) is 11.3 Å². The Bertz CT molecular complexity index is 731. The Hall–Kier alpha value is -1.85. The third-order valence-electron chi connectivity index (χ3n) is 3.15. The van der Waals surface area contributed by atoms with Crippen LogP contribution in [0.5, 0.6) is 0 Å². The Morgan fingerprint density at radius 3 is 2.50 bits per heavy atom. The monoisotopic (exact) mass is 367 g/mol. The molecule has 24 heavy (non-hydrogen) atoms. The first-order valence-electron chi connectivity index (χ1n) is 7.43. The topological polar surface area (TPSA) is 64.1 Å². The fraction of sp³-hybridized carbons (Fsp3) is 0.353. The molecule has 0 saturated heterocycles. The van der Waals surface area contributed by atoms with Gasteiger partial charge in [-0.15, -0.1) is 0 Å². The molecule has 1 aromatic carbocycles. The van der Waals surface area contributed by atoms with Gasteiger partial charge in [0.1, 0.15) is 5.60 Å². The molecule has 0 fully saturated rings. The average molecular weight is 368 g/mol. The van der Waals surface area contributed by atoms with Gasteiger partial charge in [-0.2, -0.15) is 0 Å². The van der Waals surface area contributed by atoms with E-state index in [4.69, 9.17) is 27.9 Å². The van der Waals surface area contributed by atoms with Crippen LogP contribution in [0.3, 0.4) is 0 Å².